The van der Waals surface area contributed by atoms with Gasteiger partial charge in [-0.15, -0.1) is 0 Å². The zero-order valence-corrected chi connectivity index (χ0v) is 20.1. The van der Waals surface area contributed by atoms with Crippen molar-refractivity contribution in [3.05, 3.63) is 35.5 Å². The number of rotatable bonds is 7. The smallest absolute Gasteiger partial charge is 0.232 e. The van der Waals surface area contributed by atoms with E-state index in [4.69, 9.17) is 19.0 Å². The molecule has 1 N–H and O–H groups in total. The van der Waals surface area contributed by atoms with Crippen LogP contribution in [0.15, 0.2) is 27.7 Å². The minimum absolute atomic E-state index is 0.165. The van der Waals surface area contributed by atoms with E-state index in [0.717, 1.165) is 62.3 Å². The molecule has 2 aromatic rings. The Hall–Kier alpha value is -2.81. The summed E-state index contributed by atoms with van der Waals surface area (Å²) in [5.41, 5.74) is 0.967. The van der Waals surface area contributed by atoms with Gasteiger partial charge in [0.25, 0.3) is 0 Å². The lowest BCUT2D eigenvalue weighted by Crippen LogP contribution is -2.52. The van der Waals surface area contributed by atoms with Crippen molar-refractivity contribution < 1.29 is 14.0 Å². The molecule has 0 atom stereocenters. The molecule has 0 saturated carbocycles. The topological polar surface area (TPSA) is 88.2 Å². The molecule has 176 valence electrons. The van der Waals surface area contributed by atoms with Gasteiger partial charge in [0.2, 0.25) is 5.89 Å². The van der Waals surface area contributed by atoms with Crippen LogP contribution in [0.3, 0.4) is 0 Å². The van der Waals surface area contributed by atoms with E-state index in [1.807, 2.05) is 18.2 Å². The highest BCUT2D eigenvalue weighted by molar-refractivity contribution is 5.80. The molecule has 1 saturated heterocycles. The number of methoxy groups -OCH3 is 2. The van der Waals surface area contributed by atoms with Crippen LogP contribution >= 0.6 is 0 Å². The second-order valence-electron chi connectivity index (χ2n) is 8.88. The highest BCUT2D eigenvalue weighted by atomic mass is 16.5. The monoisotopic (exact) mass is 444 g/mol. The van der Waals surface area contributed by atoms with Gasteiger partial charge in [-0.3, -0.25) is 4.90 Å². The SMILES string of the molecule is CCNC(=NCc1noc(C(C)(C)C)n1)N1CCN(Cc2cc(OC)ccc2OC)CC1. The summed E-state index contributed by atoms with van der Waals surface area (Å²) >= 11 is 0. The normalized spacial score (nSPS) is 15.7. The lowest BCUT2D eigenvalue weighted by atomic mass is 9.97. The van der Waals surface area contributed by atoms with Crippen LogP contribution in [0.25, 0.3) is 0 Å². The maximum atomic E-state index is 5.53. The molecule has 1 aliphatic heterocycles. The molecule has 1 fully saturated rings. The number of aromatic nitrogens is 2. The summed E-state index contributed by atoms with van der Waals surface area (Å²) in [6.07, 6.45) is 0. The predicted octanol–water partition coefficient (Wildman–Crippen LogP) is 2.67. The number of benzene rings is 1. The summed E-state index contributed by atoms with van der Waals surface area (Å²) in [5, 5.41) is 7.47. The fraction of sp³-hybridized carbons (Fsp3) is 0.609. The summed E-state index contributed by atoms with van der Waals surface area (Å²) in [5.74, 6) is 3.85. The Kier molecular flexibility index (Phi) is 7.95. The lowest BCUT2D eigenvalue weighted by molar-refractivity contribution is 0.171. The molecular formula is C23H36N6O3. The first-order valence-corrected chi connectivity index (χ1v) is 11.1. The minimum Gasteiger partial charge on any atom is -0.497 e. The molecule has 1 aromatic heterocycles. The first kappa shape index (κ1) is 23.8. The van der Waals surface area contributed by atoms with Crippen molar-refractivity contribution in [1.82, 2.24) is 25.3 Å². The van der Waals surface area contributed by atoms with Gasteiger partial charge in [0.1, 0.15) is 18.0 Å². The molecule has 1 aliphatic rings. The van der Waals surface area contributed by atoms with Gasteiger partial charge in [-0.1, -0.05) is 25.9 Å². The van der Waals surface area contributed by atoms with Crippen LogP contribution in [0, 0.1) is 0 Å². The Morgan fingerprint density at radius 1 is 1.16 bits per heavy atom. The third-order valence-corrected chi connectivity index (χ3v) is 5.37. The van der Waals surface area contributed by atoms with E-state index in [-0.39, 0.29) is 5.41 Å². The van der Waals surface area contributed by atoms with Gasteiger partial charge < -0.3 is 24.2 Å². The Morgan fingerprint density at radius 3 is 2.50 bits per heavy atom. The van der Waals surface area contributed by atoms with Gasteiger partial charge in [-0.25, -0.2) is 4.99 Å². The Labute approximate surface area is 190 Å². The summed E-state index contributed by atoms with van der Waals surface area (Å²) in [6.45, 7) is 13.9. The molecule has 0 bridgehead atoms. The molecule has 3 rings (SSSR count). The zero-order chi connectivity index (χ0) is 23.1. The quantitative estimate of drug-likeness (QED) is 0.515. The van der Waals surface area contributed by atoms with Crippen LogP contribution in [0.5, 0.6) is 11.5 Å². The van der Waals surface area contributed by atoms with Crippen molar-refractivity contribution in [2.24, 2.45) is 4.99 Å². The van der Waals surface area contributed by atoms with Crippen molar-refractivity contribution >= 4 is 5.96 Å². The molecule has 0 radical (unpaired) electrons. The summed E-state index contributed by atoms with van der Waals surface area (Å²) < 4.78 is 16.3. The van der Waals surface area contributed by atoms with Gasteiger partial charge in [0, 0.05) is 50.2 Å². The fourth-order valence-electron chi connectivity index (χ4n) is 3.56. The third-order valence-electron chi connectivity index (χ3n) is 5.37. The van der Waals surface area contributed by atoms with E-state index in [9.17, 15) is 0 Å². The van der Waals surface area contributed by atoms with Crippen LogP contribution < -0.4 is 14.8 Å². The molecule has 0 unspecified atom stereocenters. The minimum atomic E-state index is -0.165. The largest absolute Gasteiger partial charge is 0.497 e. The molecule has 0 spiro atoms. The number of nitrogens with one attached hydrogen (secondary N) is 1. The average molecular weight is 445 g/mol. The average Bonchev–Trinajstić information content (AvgIpc) is 3.27. The van der Waals surface area contributed by atoms with Gasteiger partial charge in [0.05, 0.1) is 14.2 Å². The number of guanidine groups is 1. The molecule has 0 amide bonds. The molecule has 0 aliphatic carbocycles. The first-order valence-electron chi connectivity index (χ1n) is 11.1. The van der Waals surface area contributed by atoms with E-state index < -0.39 is 0 Å². The molecule has 32 heavy (non-hydrogen) atoms. The number of piperazine rings is 1. The predicted molar refractivity (Wildman–Crippen MR) is 124 cm³/mol. The van der Waals surface area contributed by atoms with Gasteiger partial charge >= 0.3 is 0 Å². The summed E-state index contributed by atoms with van der Waals surface area (Å²) in [6, 6.07) is 5.93. The Morgan fingerprint density at radius 2 is 1.91 bits per heavy atom. The van der Waals surface area contributed by atoms with Crippen LogP contribution in [0.4, 0.5) is 0 Å². The second-order valence-corrected chi connectivity index (χ2v) is 8.88. The number of nitrogens with zero attached hydrogens (tertiary/aromatic N) is 5. The maximum absolute atomic E-state index is 5.53. The number of hydrogen-bond donors (Lipinski definition) is 1. The molecule has 9 heteroatoms. The van der Waals surface area contributed by atoms with Gasteiger partial charge in [0.15, 0.2) is 11.8 Å². The fourth-order valence-corrected chi connectivity index (χ4v) is 3.56. The second kappa shape index (κ2) is 10.7. The zero-order valence-electron chi connectivity index (χ0n) is 20.1. The van der Waals surface area contributed by atoms with Crippen LogP contribution in [-0.2, 0) is 18.5 Å². The van der Waals surface area contributed by atoms with Crippen molar-refractivity contribution in [1.29, 1.82) is 0 Å². The van der Waals surface area contributed by atoms with E-state index in [0.29, 0.717) is 18.3 Å². The Balaban J connectivity index is 1.60. The molecule has 9 nitrogen and oxygen atoms in total. The molecule has 2 heterocycles. The summed E-state index contributed by atoms with van der Waals surface area (Å²) in [7, 11) is 3.39. The highest BCUT2D eigenvalue weighted by Crippen LogP contribution is 2.25. The third kappa shape index (κ3) is 6.12. The number of aliphatic imine (C=N–C) groups is 1. The number of ether oxygens (including phenoxy) is 2. The van der Waals surface area contributed by atoms with E-state index in [1.165, 1.54) is 0 Å². The van der Waals surface area contributed by atoms with Gasteiger partial charge in [-0.2, -0.15) is 4.98 Å². The van der Waals surface area contributed by atoms with Crippen LogP contribution in [-0.4, -0.2) is 72.8 Å². The van der Waals surface area contributed by atoms with Crippen LogP contribution in [0.2, 0.25) is 0 Å². The first-order chi connectivity index (χ1) is 15.3. The maximum Gasteiger partial charge on any atom is 0.232 e. The highest BCUT2D eigenvalue weighted by Gasteiger charge is 2.23. The lowest BCUT2D eigenvalue weighted by Gasteiger charge is -2.36. The van der Waals surface area contributed by atoms with Crippen molar-refractivity contribution in [3.63, 3.8) is 0 Å². The van der Waals surface area contributed by atoms with E-state index in [2.05, 4.69) is 53.0 Å². The van der Waals surface area contributed by atoms with Crippen molar-refractivity contribution in [2.45, 2.75) is 46.2 Å². The van der Waals surface area contributed by atoms with Gasteiger partial charge in [-0.05, 0) is 25.1 Å². The molecule has 1 aromatic carbocycles. The number of hydrogen-bond acceptors (Lipinski definition) is 7. The van der Waals surface area contributed by atoms with Crippen LogP contribution in [0.1, 0.15) is 45.0 Å². The van der Waals surface area contributed by atoms with E-state index in [1.54, 1.807) is 14.2 Å². The van der Waals surface area contributed by atoms with E-state index >= 15 is 0 Å². The molecular weight excluding hydrogens is 408 g/mol. The Bertz CT molecular complexity index is 897. The van der Waals surface area contributed by atoms with Crippen molar-refractivity contribution in [3.8, 4) is 11.5 Å². The standard InChI is InChI=1S/C23H36N6O3/c1-7-24-22(25-15-20-26-21(32-27-20)23(2,3)4)29-12-10-28(11-13-29)16-17-14-18(30-5)8-9-19(17)31-6/h8-9,14H,7,10-13,15-16H2,1-6H3,(H,24,25). The van der Waals surface area contributed by atoms with Crippen molar-refractivity contribution in [2.75, 3.05) is 46.9 Å². The summed E-state index contributed by atoms with van der Waals surface area (Å²) in [4.78, 5) is 13.9.